The van der Waals surface area contributed by atoms with E-state index >= 15 is 0 Å². The normalized spacial score (nSPS) is 12.6. The van der Waals surface area contributed by atoms with Gasteiger partial charge in [0.25, 0.3) is 0 Å². The van der Waals surface area contributed by atoms with Crippen molar-refractivity contribution in [2.45, 2.75) is 37.8 Å². The Morgan fingerprint density at radius 1 is 1.21 bits per heavy atom. The molecule has 0 fully saturated rings. The summed E-state index contributed by atoms with van der Waals surface area (Å²) in [7, 11) is -2.50. The zero-order valence-corrected chi connectivity index (χ0v) is 17.8. The molecule has 2 aromatic rings. The summed E-state index contributed by atoms with van der Waals surface area (Å²) in [5, 5.41) is 3.00. The second-order valence-electron chi connectivity index (χ2n) is 6.43. The van der Waals surface area contributed by atoms with Gasteiger partial charge in [0.2, 0.25) is 15.9 Å². The predicted molar refractivity (Wildman–Crippen MR) is 110 cm³/mol. The molecule has 2 aromatic carbocycles. The highest BCUT2D eigenvalue weighted by atomic mass is 35.5. The molecule has 1 atom stereocenters. The van der Waals surface area contributed by atoms with E-state index < -0.39 is 10.0 Å². The van der Waals surface area contributed by atoms with Gasteiger partial charge in [-0.2, -0.15) is 4.31 Å². The lowest BCUT2D eigenvalue weighted by molar-refractivity contribution is -0.122. The molecule has 0 saturated heterocycles. The molecule has 152 valence electrons. The molecule has 0 saturated carbocycles. The van der Waals surface area contributed by atoms with Gasteiger partial charge in [-0.15, -0.1) is 0 Å². The van der Waals surface area contributed by atoms with Crippen molar-refractivity contribution < 1.29 is 17.9 Å². The van der Waals surface area contributed by atoms with Crippen LogP contribution in [0.2, 0.25) is 5.02 Å². The molecule has 0 spiro atoms. The standard InChI is InChI=1S/C20H25ClN2O4S/c1-4-15(2)22-20(24)14-23(13-16-8-6-5-7-9-16)28(25,26)17-10-11-19(27-3)18(21)12-17/h5-12,15H,4,13-14H2,1-3H3,(H,22,24)/t15-/m1/s1. The Balaban J connectivity index is 2.35. The molecule has 2 rings (SSSR count). The molecule has 8 heteroatoms. The van der Waals surface area contributed by atoms with E-state index in [0.29, 0.717) is 5.75 Å². The minimum absolute atomic E-state index is 0.00516. The molecule has 0 heterocycles. The molecule has 6 nitrogen and oxygen atoms in total. The third kappa shape index (κ3) is 5.70. The number of nitrogens with one attached hydrogen (secondary N) is 1. The number of hydrogen-bond donors (Lipinski definition) is 1. The maximum atomic E-state index is 13.2. The van der Waals surface area contributed by atoms with Gasteiger partial charge in [0.05, 0.1) is 23.6 Å². The summed E-state index contributed by atoms with van der Waals surface area (Å²) in [6.07, 6.45) is 0.755. The van der Waals surface area contributed by atoms with Gasteiger partial charge in [-0.05, 0) is 37.1 Å². The maximum absolute atomic E-state index is 13.2. The number of benzene rings is 2. The number of nitrogens with zero attached hydrogens (tertiary/aromatic N) is 1. The lowest BCUT2D eigenvalue weighted by atomic mass is 10.2. The van der Waals surface area contributed by atoms with Crippen LogP contribution in [0, 0.1) is 0 Å². The minimum Gasteiger partial charge on any atom is -0.495 e. The van der Waals surface area contributed by atoms with E-state index in [1.807, 2.05) is 44.2 Å². The van der Waals surface area contributed by atoms with Crippen LogP contribution in [-0.2, 0) is 21.4 Å². The van der Waals surface area contributed by atoms with E-state index in [4.69, 9.17) is 16.3 Å². The second-order valence-corrected chi connectivity index (χ2v) is 8.78. The van der Waals surface area contributed by atoms with Gasteiger partial charge in [-0.1, -0.05) is 48.9 Å². The highest BCUT2D eigenvalue weighted by molar-refractivity contribution is 7.89. The summed E-state index contributed by atoms with van der Waals surface area (Å²) < 4.78 is 32.7. The van der Waals surface area contributed by atoms with E-state index in [9.17, 15) is 13.2 Å². The fourth-order valence-electron chi connectivity index (χ4n) is 2.55. The lowest BCUT2D eigenvalue weighted by Crippen LogP contribution is -2.43. The van der Waals surface area contributed by atoms with Gasteiger partial charge in [-0.25, -0.2) is 8.42 Å². The number of halogens is 1. The van der Waals surface area contributed by atoms with Gasteiger partial charge >= 0.3 is 0 Å². The van der Waals surface area contributed by atoms with Crippen LogP contribution >= 0.6 is 11.6 Å². The molecule has 0 unspecified atom stereocenters. The Bertz CT molecular complexity index is 904. The Kier molecular flexibility index (Phi) is 7.86. The van der Waals surface area contributed by atoms with Crippen molar-refractivity contribution in [2.75, 3.05) is 13.7 Å². The zero-order chi connectivity index (χ0) is 20.7. The van der Waals surface area contributed by atoms with Crippen LogP contribution in [-0.4, -0.2) is 38.3 Å². The molecule has 28 heavy (non-hydrogen) atoms. The first-order chi connectivity index (χ1) is 13.3. The number of hydrogen-bond acceptors (Lipinski definition) is 4. The number of carbonyl (C=O) groups excluding carboxylic acids is 1. The molecule has 0 bridgehead atoms. The summed E-state index contributed by atoms with van der Waals surface area (Å²) in [6, 6.07) is 13.3. The fraction of sp³-hybridized carbons (Fsp3) is 0.350. The first-order valence-corrected chi connectivity index (χ1v) is 10.8. The Labute approximate surface area is 171 Å². The SMILES string of the molecule is CC[C@@H](C)NC(=O)CN(Cc1ccccc1)S(=O)(=O)c1ccc(OC)c(Cl)c1. The predicted octanol–water partition coefficient (Wildman–Crippen LogP) is 3.45. The summed E-state index contributed by atoms with van der Waals surface area (Å²) >= 11 is 6.11. The highest BCUT2D eigenvalue weighted by Crippen LogP contribution is 2.28. The fourth-order valence-corrected chi connectivity index (χ4v) is 4.29. The maximum Gasteiger partial charge on any atom is 0.243 e. The third-order valence-electron chi connectivity index (χ3n) is 4.30. The van der Waals surface area contributed by atoms with E-state index in [2.05, 4.69) is 5.32 Å². The number of ether oxygens (including phenoxy) is 1. The lowest BCUT2D eigenvalue weighted by Gasteiger charge is -2.23. The first kappa shape index (κ1) is 22.2. The second kappa shape index (κ2) is 9.91. The minimum atomic E-state index is -3.95. The van der Waals surface area contributed by atoms with E-state index in [1.165, 1.54) is 25.3 Å². The van der Waals surface area contributed by atoms with Crippen molar-refractivity contribution in [3.8, 4) is 5.75 Å². The summed E-state index contributed by atoms with van der Waals surface area (Å²) in [5.41, 5.74) is 0.780. The van der Waals surface area contributed by atoms with Crippen molar-refractivity contribution in [1.29, 1.82) is 0 Å². The van der Waals surface area contributed by atoms with Gasteiger partial charge < -0.3 is 10.1 Å². The molecule has 1 N–H and O–H groups in total. The van der Waals surface area contributed by atoms with Crippen LogP contribution in [0.15, 0.2) is 53.4 Å². The summed E-state index contributed by atoms with van der Waals surface area (Å²) in [5.74, 6) is 0.0261. The molecule has 0 aliphatic rings. The van der Waals surface area contributed by atoms with Crippen LogP contribution in [0.1, 0.15) is 25.8 Å². The van der Waals surface area contributed by atoms with Gasteiger partial charge in [0, 0.05) is 12.6 Å². The molecule has 0 radical (unpaired) electrons. The molecule has 0 aromatic heterocycles. The molecular formula is C20H25ClN2O4S. The monoisotopic (exact) mass is 424 g/mol. The first-order valence-electron chi connectivity index (χ1n) is 8.95. The largest absolute Gasteiger partial charge is 0.495 e. The quantitative estimate of drug-likeness (QED) is 0.668. The number of methoxy groups -OCH3 is 1. The van der Waals surface area contributed by atoms with Crippen molar-refractivity contribution >= 4 is 27.5 Å². The van der Waals surface area contributed by atoms with E-state index in [1.54, 1.807) is 0 Å². The van der Waals surface area contributed by atoms with Crippen LogP contribution in [0.4, 0.5) is 0 Å². The molecule has 1 amide bonds. The number of amides is 1. The van der Waals surface area contributed by atoms with Crippen molar-refractivity contribution in [3.05, 3.63) is 59.1 Å². The zero-order valence-electron chi connectivity index (χ0n) is 16.2. The topological polar surface area (TPSA) is 75.7 Å². The van der Waals surface area contributed by atoms with Gasteiger partial charge in [0.15, 0.2) is 0 Å². The Hall–Kier alpha value is -2.09. The number of rotatable bonds is 9. The Morgan fingerprint density at radius 2 is 1.89 bits per heavy atom. The summed E-state index contributed by atoms with van der Waals surface area (Å²) in [4.78, 5) is 12.4. The average Bonchev–Trinajstić information content (AvgIpc) is 2.68. The average molecular weight is 425 g/mol. The summed E-state index contributed by atoms with van der Waals surface area (Å²) in [6.45, 7) is 3.60. The highest BCUT2D eigenvalue weighted by Gasteiger charge is 2.28. The molecule has 0 aliphatic heterocycles. The van der Waals surface area contributed by atoms with Crippen molar-refractivity contribution in [3.63, 3.8) is 0 Å². The molecule has 0 aliphatic carbocycles. The Morgan fingerprint density at radius 3 is 2.46 bits per heavy atom. The van der Waals surface area contributed by atoms with Gasteiger partial charge in [-0.3, -0.25) is 4.79 Å². The molecular weight excluding hydrogens is 400 g/mol. The van der Waals surface area contributed by atoms with E-state index in [0.717, 1.165) is 16.3 Å². The number of sulfonamides is 1. The van der Waals surface area contributed by atoms with Crippen molar-refractivity contribution in [2.24, 2.45) is 0 Å². The van der Waals surface area contributed by atoms with E-state index in [-0.39, 0.29) is 35.0 Å². The van der Waals surface area contributed by atoms with Crippen LogP contribution in [0.3, 0.4) is 0 Å². The smallest absolute Gasteiger partial charge is 0.243 e. The van der Waals surface area contributed by atoms with Crippen LogP contribution in [0.25, 0.3) is 0 Å². The van der Waals surface area contributed by atoms with Gasteiger partial charge in [0.1, 0.15) is 5.75 Å². The van der Waals surface area contributed by atoms with Crippen LogP contribution < -0.4 is 10.1 Å². The third-order valence-corrected chi connectivity index (χ3v) is 6.39. The van der Waals surface area contributed by atoms with Crippen LogP contribution in [0.5, 0.6) is 5.75 Å². The number of carbonyl (C=O) groups is 1. The van der Waals surface area contributed by atoms with Crippen molar-refractivity contribution in [1.82, 2.24) is 9.62 Å².